The van der Waals surface area contributed by atoms with Gasteiger partial charge in [-0.05, 0) is 27.2 Å². The minimum atomic E-state index is -0.0799. The molecular formula is C9H19NO2. The number of nitrogens with one attached hydrogen (secondary N) is 1. The smallest absolute Gasteiger partial charge is 0.0779 e. The summed E-state index contributed by atoms with van der Waals surface area (Å²) in [4.78, 5) is 0. The zero-order chi connectivity index (χ0) is 9.19. The van der Waals surface area contributed by atoms with Crippen LogP contribution in [0, 0.1) is 0 Å². The van der Waals surface area contributed by atoms with E-state index >= 15 is 0 Å². The molecule has 2 N–H and O–H groups in total. The summed E-state index contributed by atoms with van der Waals surface area (Å²) in [6.07, 6.45) is 1.04. The molecule has 1 aliphatic heterocycles. The van der Waals surface area contributed by atoms with E-state index in [9.17, 15) is 0 Å². The van der Waals surface area contributed by atoms with E-state index in [1.807, 2.05) is 6.92 Å². The van der Waals surface area contributed by atoms with E-state index in [0.29, 0.717) is 6.04 Å². The highest BCUT2D eigenvalue weighted by molar-refractivity contribution is 4.91. The Kier molecular flexibility index (Phi) is 3.09. The van der Waals surface area contributed by atoms with E-state index in [2.05, 4.69) is 19.2 Å². The van der Waals surface area contributed by atoms with Crippen LogP contribution < -0.4 is 5.32 Å². The Bertz CT molecular complexity index is 147. The summed E-state index contributed by atoms with van der Waals surface area (Å²) in [6, 6.07) is 0.538. The molecule has 0 amide bonds. The van der Waals surface area contributed by atoms with Crippen LogP contribution >= 0.6 is 0 Å². The van der Waals surface area contributed by atoms with Crippen molar-refractivity contribution in [2.45, 2.75) is 44.9 Å². The first-order chi connectivity index (χ1) is 5.56. The molecule has 1 fully saturated rings. The summed E-state index contributed by atoms with van der Waals surface area (Å²) in [7, 11) is 0. The number of aliphatic hydroxyl groups excluding tert-OH is 1. The van der Waals surface area contributed by atoms with Crippen LogP contribution in [0.3, 0.4) is 0 Å². The first-order valence-electron chi connectivity index (χ1n) is 4.57. The van der Waals surface area contributed by atoms with Crippen LogP contribution in [0.2, 0.25) is 0 Å². The monoisotopic (exact) mass is 173 g/mol. The third-order valence-corrected chi connectivity index (χ3v) is 2.48. The van der Waals surface area contributed by atoms with E-state index in [0.717, 1.165) is 13.0 Å². The van der Waals surface area contributed by atoms with Crippen molar-refractivity contribution >= 4 is 0 Å². The molecule has 0 spiro atoms. The highest BCUT2D eigenvalue weighted by atomic mass is 16.5. The van der Waals surface area contributed by atoms with E-state index in [4.69, 9.17) is 9.84 Å². The van der Waals surface area contributed by atoms with Crippen LogP contribution in [0.5, 0.6) is 0 Å². The van der Waals surface area contributed by atoms with Crippen molar-refractivity contribution in [2.24, 2.45) is 0 Å². The maximum atomic E-state index is 8.86. The molecular weight excluding hydrogens is 154 g/mol. The van der Waals surface area contributed by atoms with E-state index in [1.165, 1.54) is 0 Å². The topological polar surface area (TPSA) is 41.5 Å². The third kappa shape index (κ3) is 2.19. The van der Waals surface area contributed by atoms with Crippen molar-refractivity contribution in [2.75, 3.05) is 13.2 Å². The molecule has 72 valence electrons. The van der Waals surface area contributed by atoms with Gasteiger partial charge in [-0.1, -0.05) is 0 Å². The summed E-state index contributed by atoms with van der Waals surface area (Å²) in [5.74, 6) is 0. The average molecular weight is 173 g/mol. The fraction of sp³-hybridized carbons (Fsp3) is 1.00. The van der Waals surface area contributed by atoms with Crippen molar-refractivity contribution in [3.63, 3.8) is 0 Å². The highest BCUT2D eigenvalue weighted by Gasteiger charge is 2.35. The molecule has 0 aromatic rings. The van der Waals surface area contributed by atoms with Crippen molar-refractivity contribution in [1.29, 1.82) is 0 Å². The largest absolute Gasteiger partial charge is 0.395 e. The van der Waals surface area contributed by atoms with Crippen molar-refractivity contribution < 1.29 is 9.84 Å². The first kappa shape index (κ1) is 9.96. The quantitative estimate of drug-likeness (QED) is 0.654. The molecule has 12 heavy (non-hydrogen) atoms. The summed E-state index contributed by atoms with van der Waals surface area (Å²) in [6.45, 7) is 7.16. The second-order valence-electron chi connectivity index (χ2n) is 4.04. The van der Waals surface area contributed by atoms with Gasteiger partial charge in [-0.25, -0.2) is 0 Å². The Morgan fingerprint density at radius 3 is 2.75 bits per heavy atom. The van der Waals surface area contributed by atoms with Gasteiger partial charge in [-0.3, -0.25) is 0 Å². The Morgan fingerprint density at radius 2 is 2.33 bits per heavy atom. The molecule has 0 aromatic carbocycles. The fourth-order valence-electron chi connectivity index (χ4n) is 1.57. The van der Waals surface area contributed by atoms with Gasteiger partial charge in [-0.2, -0.15) is 0 Å². The predicted octanol–water partition coefficient (Wildman–Crippen LogP) is 0.524. The number of ether oxygens (including phenoxy) is 1. The number of hydrogen-bond acceptors (Lipinski definition) is 3. The summed E-state index contributed by atoms with van der Waals surface area (Å²) < 4.78 is 5.55. The third-order valence-electron chi connectivity index (χ3n) is 2.48. The lowest BCUT2D eigenvalue weighted by molar-refractivity contribution is 0.0185. The predicted molar refractivity (Wildman–Crippen MR) is 48.1 cm³/mol. The van der Waals surface area contributed by atoms with Gasteiger partial charge in [0, 0.05) is 18.7 Å². The van der Waals surface area contributed by atoms with Gasteiger partial charge in [0.1, 0.15) is 0 Å². The lowest BCUT2D eigenvalue weighted by atomic mass is 9.98. The molecule has 0 saturated carbocycles. The van der Waals surface area contributed by atoms with Crippen LogP contribution in [0.25, 0.3) is 0 Å². The van der Waals surface area contributed by atoms with Gasteiger partial charge in [0.05, 0.1) is 12.2 Å². The maximum absolute atomic E-state index is 8.86. The average Bonchev–Trinajstić information content (AvgIpc) is 2.31. The van der Waals surface area contributed by atoms with Crippen LogP contribution in [-0.4, -0.2) is 36.0 Å². The van der Waals surface area contributed by atoms with Gasteiger partial charge in [0.15, 0.2) is 0 Å². The van der Waals surface area contributed by atoms with Crippen molar-refractivity contribution in [3.8, 4) is 0 Å². The van der Waals surface area contributed by atoms with E-state index < -0.39 is 0 Å². The van der Waals surface area contributed by atoms with Crippen molar-refractivity contribution in [1.82, 2.24) is 5.32 Å². The second kappa shape index (κ2) is 3.73. The lowest BCUT2D eigenvalue weighted by Crippen LogP contribution is -2.48. The van der Waals surface area contributed by atoms with Gasteiger partial charge < -0.3 is 15.2 Å². The van der Waals surface area contributed by atoms with Crippen LogP contribution in [0.1, 0.15) is 27.2 Å². The van der Waals surface area contributed by atoms with Crippen LogP contribution in [0.15, 0.2) is 0 Å². The van der Waals surface area contributed by atoms with Gasteiger partial charge in [0.25, 0.3) is 0 Å². The molecule has 1 unspecified atom stereocenters. The van der Waals surface area contributed by atoms with Gasteiger partial charge in [-0.15, -0.1) is 0 Å². The number of aliphatic hydroxyl groups is 1. The fourth-order valence-corrected chi connectivity index (χ4v) is 1.57. The molecule has 1 aliphatic rings. The van der Waals surface area contributed by atoms with Crippen molar-refractivity contribution in [3.05, 3.63) is 0 Å². The first-order valence-corrected chi connectivity index (χ1v) is 4.57. The standard InChI is InChI=1S/C9H19NO2/c1-7(6-11)10-8-4-5-12-9(8,2)3/h7-8,10-11H,4-6H2,1-3H3/t7-,8?/m0/s1. The molecule has 3 nitrogen and oxygen atoms in total. The maximum Gasteiger partial charge on any atom is 0.0779 e. The molecule has 1 saturated heterocycles. The van der Waals surface area contributed by atoms with Crippen LogP contribution in [0.4, 0.5) is 0 Å². The molecule has 1 heterocycles. The normalized spacial score (nSPS) is 30.5. The minimum absolute atomic E-state index is 0.0799. The zero-order valence-electron chi connectivity index (χ0n) is 8.13. The Balaban J connectivity index is 2.41. The van der Waals surface area contributed by atoms with E-state index in [1.54, 1.807) is 0 Å². The molecule has 0 aromatic heterocycles. The Labute approximate surface area is 74.1 Å². The number of hydrogen-bond donors (Lipinski definition) is 2. The molecule has 3 heteroatoms. The van der Waals surface area contributed by atoms with E-state index in [-0.39, 0.29) is 18.2 Å². The number of rotatable bonds is 3. The highest BCUT2D eigenvalue weighted by Crippen LogP contribution is 2.24. The molecule has 2 atom stereocenters. The minimum Gasteiger partial charge on any atom is -0.395 e. The summed E-state index contributed by atoms with van der Waals surface area (Å²) in [5.41, 5.74) is -0.0799. The molecule has 0 aliphatic carbocycles. The molecule has 0 bridgehead atoms. The summed E-state index contributed by atoms with van der Waals surface area (Å²) >= 11 is 0. The molecule has 1 rings (SSSR count). The SMILES string of the molecule is C[C@@H](CO)NC1CCOC1(C)C. The second-order valence-corrected chi connectivity index (χ2v) is 4.04. The van der Waals surface area contributed by atoms with Gasteiger partial charge >= 0.3 is 0 Å². The lowest BCUT2D eigenvalue weighted by Gasteiger charge is -2.28. The Hall–Kier alpha value is -0.120. The zero-order valence-corrected chi connectivity index (χ0v) is 8.13. The van der Waals surface area contributed by atoms with Crippen LogP contribution in [-0.2, 0) is 4.74 Å². The van der Waals surface area contributed by atoms with Gasteiger partial charge in [0.2, 0.25) is 0 Å². The molecule has 0 radical (unpaired) electrons. The Morgan fingerprint density at radius 1 is 1.67 bits per heavy atom. The summed E-state index contributed by atoms with van der Waals surface area (Å²) in [5, 5.41) is 12.2.